The first-order chi connectivity index (χ1) is 17.7. The Bertz CT molecular complexity index is 1360. The van der Waals surface area contributed by atoms with Crippen LogP contribution in [0.4, 0.5) is 11.4 Å². The summed E-state index contributed by atoms with van der Waals surface area (Å²) in [5.41, 5.74) is 0.0904. The van der Waals surface area contributed by atoms with E-state index in [9.17, 15) is 25.0 Å². The number of non-ortho nitro benzene ring substituents is 1. The molecular formula is C25H22N2O10. The molecule has 0 saturated carbocycles. The monoisotopic (exact) mass is 510 g/mol. The summed E-state index contributed by atoms with van der Waals surface area (Å²) in [5, 5.41) is 22.3. The van der Waals surface area contributed by atoms with Gasteiger partial charge in [-0.2, -0.15) is 0 Å². The van der Waals surface area contributed by atoms with Crippen molar-refractivity contribution in [2.45, 2.75) is 0 Å². The second-order valence-corrected chi connectivity index (χ2v) is 7.30. The van der Waals surface area contributed by atoms with E-state index in [0.29, 0.717) is 11.3 Å². The van der Waals surface area contributed by atoms with Crippen LogP contribution in [0.25, 0.3) is 12.2 Å². The molecule has 3 rings (SSSR count). The first-order valence-corrected chi connectivity index (χ1v) is 10.5. The molecule has 0 aliphatic rings. The first kappa shape index (κ1) is 26.5. The van der Waals surface area contributed by atoms with Gasteiger partial charge in [0.05, 0.1) is 55.5 Å². The lowest BCUT2D eigenvalue weighted by atomic mass is 10.1. The average molecular weight is 510 g/mol. The Morgan fingerprint density at radius 1 is 0.730 bits per heavy atom. The van der Waals surface area contributed by atoms with Crippen molar-refractivity contribution in [3.8, 4) is 28.7 Å². The molecule has 0 saturated heterocycles. The van der Waals surface area contributed by atoms with E-state index in [-0.39, 0.29) is 39.8 Å². The van der Waals surface area contributed by atoms with Crippen LogP contribution in [0.2, 0.25) is 0 Å². The molecule has 0 aliphatic heterocycles. The maximum Gasteiger partial charge on any atom is 0.343 e. The van der Waals surface area contributed by atoms with Gasteiger partial charge in [-0.3, -0.25) is 20.2 Å². The minimum Gasteiger partial charge on any atom is -0.493 e. The van der Waals surface area contributed by atoms with E-state index in [2.05, 4.69) is 0 Å². The molecule has 3 aromatic rings. The lowest BCUT2D eigenvalue weighted by Gasteiger charge is -2.14. The van der Waals surface area contributed by atoms with Crippen molar-refractivity contribution in [2.24, 2.45) is 0 Å². The number of esters is 1. The fraction of sp³-hybridized carbons (Fsp3) is 0.160. The standard InChI is InChI=1S/C25H22N2O10/c1-33-21-11-15(5-7-16-8-9-18(26(29)30)14-19(16)27(31)32)6-10-20(21)37-25(28)17-12-22(34-2)24(36-4)23(13-17)35-3/h5-14H,1-4H3/b7-5+. The van der Waals surface area contributed by atoms with Crippen molar-refractivity contribution in [1.29, 1.82) is 0 Å². The van der Waals surface area contributed by atoms with E-state index in [1.54, 1.807) is 18.2 Å². The summed E-state index contributed by atoms with van der Waals surface area (Å²) in [4.78, 5) is 33.7. The van der Waals surface area contributed by atoms with Crippen LogP contribution in [0, 0.1) is 20.2 Å². The molecule has 37 heavy (non-hydrogen) atoms. The number of methoxy groups -OCH3 is 4. The van der Waals surface area contributed by atoms with Crippen molar-refractivity contribution in [2.75, 3.05) is 28.4 Å². The van der Waals surface area contributed by atoms with Gasteiger partial charge in [0.15, 0.2) is 23.0 Å². The topological polar surface area (TPSA) is 149 Å². The molecule has 12 nitrogen and oxygen atoms in total. The predicted molar refractivity (Wildman–Crippen MR) is 133 cm³/mol. The summed E-state index contributed by atoms with van der Waals surface area (Å²) in [6.45, 7) is 0. The molecule has 0 heterocycles. The highest BCUT2D eigenvalue weighted by Crippen LogP contribution is 2.39. The number of rotatable bonds is 10. The largest absolute Gasteiger partial charge is 0.493 e. The van der Waals surface area contributed by atoms with E-state index in [4.69, 9.17) is 23.7 Å². The predicted octanol–water partition coefficient (Wildman–Crippen LogP) is 4.93. The van der Waals surface area contributed by atoms with Gasteiger partial charge in [0, 0.05) is 6.07 Å². The molecule has 12 heteroatoms. The molecule has 0 amide bonds. The Labute approximate surface area is 210 Å². The number of nitro benzene ring substituents is 2. The molecule has 3 aromatic carbocycles. The Kier molecular flexibility index (Phi) is 8.25. The number of carbonyl (C=O) groups is 1. The van der Waals surface area contributed by atoms with Gasteiger partial charge in [0.2, 0.25) is 5.75 Å². The van der Waals surface area contributed by atoms with E-state index in [1.165, 1.54) is 64.8 Å². The second-order valence-electron chi connectivity index (χ2n) is 7.30. The average Bonchev–Trinajstić information content (AvgIpc) is 2.91. The Morgan fingerprint density at radius 3 is 1.92 bits per heavy atom. The molecule has 0 unspecified atom stereocenters. The zero-order valence-corrected chi connectivity index (χ0v) is 20.3. The Balaban J connectivity index is 1.87. The van der Waals surface area contributed by atoms with Crippen LogP contribution < -0.4 is 23.7 Å². The minimum atomic E-state index is -0.706. The van der Waals surface area contributed by atoms with Gasteiger partial charge in [-0.15, -0.1) is 0 Å². The summed E-state index contributed by atoms with van der Waals surface area (Å²) >= 11 is 0. The highest BCUT2D eigenvalue weighted by atomic mass is 16.6. The van der Waals surface area contributed by atoms with E-state index < -0.39 is 21.5 Å². The maximum absolute atomic E-state index is 12.8. The van der Waals surface area contributed by atoms with Crippen LogP contribution in [0.5, 0.6) is 28.7 Å². The molecule has 192 valence electrons. The number of hydrogen-bond donors (Lipinski definition) is 0. The SMILES string of the molecule is COc1cc(/C=C/c2ccc([N+](=O)[O-])cc2[N+](=O)[O-])ccc1OC(=O)c1cc(OC)c(OC)c(OC)c1. The zero-order valence-electron chi connectivity index (χ0n) is 20.3. The normalized spacial score (nSPS) is 10.6. The number of hydrogen-bond acceptors (Lipinski definition) is 10. The van der Waals surface area contributed by atoms with Crippen molar-refractivity contribution in [3.05, 3.63) is 85.4 Å². The molecule has 0 spiro atoms. The molecule has 0 aromatic heterocycles. The van der Waals surface area contributed by atoms with Crippen LogP contribution in [-0.2, 0) is 0 Å². The zero-order chi connectivity index (χ0) is 27.1. The Morgan fingerprint density at radius 2 is 1.38 bits per heavy atom. The molecule has 0 N–H and O–H groups in total. The van der Waals surface area contributed by atoms with Crippen LogP contribution in [-0.4, -0.2) is 44.3 Å². The van der Waals surface area contributed by atoms with Crippen molar-refractivity contribution >= 4 is 29.5 Å². The maximum atomic E-state index is 12.8. The molecule has 0 bridgehead atoms. The number of ether oxygens (including phenoxy) is 5. The summed E-state index contributed by atoms with van der Waals surface area (Å²) in [6, 6.07) is 10.9. The summed E-state index contributed by atoms with van der Waals surface area (Å²) in [5.74, 6) is 0.523. The van der Waals surface area contributed by atoms with E-state index in [0.717, 1.165) is 6.07 Å². The third-order valence-corrected chi connectivity index (χ3v) is 5.17. The van der Waals surface area contributed by atoms with Crippen LogP contribution in [0.3, 0.4) is 0 Å². The van der Waals surface area contributed by atoms with Gasteiger partial charge in [-0.25, -0.2) is 4.79 Å². The smallest absolute Gasteiger partial charge is 0.343 e. The number of nitro groups is 2. The second kappa shape index (κ2) is 11.5. The molecular weight excluding hydrogens is 488 g/mol. The molecule has 0 atom stereocenters. The third kappa shape index (κ3) is 5.93. The van der Waals surface area contributed by atoms with E-state index >= 15 is 0 Å². The highest BCUT2D eigenvalue weighted by Gasteiger charge is 2.20. The minimum absolute atomic E-state index is 0.125. The van der Waals surface area contributed by atoms with Crippen LogP contribution in [0.15, 0.2) is 48.5 Å². The van der Waals surface area contributed by atoms with Crippen LogP contribution in [0.1, 0.15) is 21.5 Å². The highest BCUT2D eigenvalue weighted by molar-refractivity contribution is 5.93. The van der Waals surface area contributed by atoms with Gasteiger partial charge in [0.1, 0.15) is 0 Å². The van der Waals surface area contributed by atoms with Crippen molar-refractivity contribution in [1.82, 2.24) is 0 Å². The fourth-order valence-corrected chi connectivity index (χ4v) is 3.36. The molecule has 0 radical (unpaired) electrons. The van der Waals surface area contributed by atoms with Gasteiger partial charge in [-0.05, 0) is 42.0 Å². The fourth-order valence-electron chi connectivity index (χ4n) is 3.36. The quantitative estimate of drug-likeness (QED) is 0.121. The third-order valence-electron chi connectivity index (χ3n) is 5.17. The van der Waals surface area contributed by atoms with Gasteiger partial charge in [0.25, 0.3) is 11.4 Å². The van der Waals surface area contributed by atoms with Crippen LogP contribution >= 0.6 is 0 Å². The van der Waals surface area contributed by atoms with Gasteiger partial charge < -0.3 is 23.7 Å². The lowest BCUT2D eigenvalue weighted by Crippen LogP contribution is -2.10. The lowest BCUT2D eigenvalue weighted by molar-refractivity contribution is -0.394. The van der Waals surface area contributed by atoms with E-state index in [1.807, 2.05) is 0 Å². The van der Waals surface area contributed by atoms with Gasteiger partial charge in [-0.1, -0.05) is 12.1 Å². The summed E-state index contributed by atoms with van der Waals surface area (Å²) in [7, 11) is 5.68. The summed E-state index contributed by atoms with van der Waals surface area (Å²) < 4.78 is 26.6. The molecule has 0 aliphatic carbocycles. The first-order valence-electron chi connectivity index (χ1n) is 10.5. The number of benzene rings is 3. The molecule has 0 fully saturated rings. The number of carbonyl (C=O) groups excluding carboxylic acids is 1. The van der Waals surface area contributed by atoms with Crippen molar-refractivity contribution < 1.29 is 38.3 Å². The van der Waals surface area contributed by atoms with Crippen molar-refractivity contribution in [3.63, 3.8) is 0 Å². The Hall–Kier alpha value is -5.13. The van der Waals surface area contributed by atoms with Gasteiger partial charge >= 0.3 is 5.97 Å². The summed E-state index contributed by atoms with van der Waals surface area (Å²) in [6.07, 6.45) is 3.00. The number of nitrogens with zero attached hydrogens (tertiary/aromatic N) is 2.